The second-order valence-electron chi connectivity index (χ2n) is 4.53. The Hall–Kier alpha value is -1.82. The third-order valence-corrected chi connectivity index (χ3v) is 6.62. The molecule has 0 radical (unpaired) electrons. The molecule has 1 atom stereocenters. The molecule has 1 aromatic heterocycles. The number of aromatic nitrogens is 1. The molecule has 0 saturated heterocycles. The summed E-state index contributed by atoms with van der Waals surface area (Å²) in [5.74, 6) is -0.372. The number of hydrogen-bond acceptors (Lipinski definition) is 5. The van der Waals surface area contributed by atoms with Crippen LogP contribution in [-0.2, 0) is 10.0 Å². The fourth-order valence-corrected chi connectivity index (χ4v) is 4.79. The van der Waals surface area contributed by atoms with Gasteiger partial charge in [-0.3, -0.25) is 0 Å². The lowest BCUT2D eigenvalue weighted by atomic mass is 10.1. The fraction of sp³-hybridized carbons (Fsp3) is 0.286. The fourth-order valence-electron chi connectivity index (χ4n) is 2.11. The Morgan fingerprint density at radius 3 is 2.55 bits per heavy atom. The van der Waals surface area contributed by atoms with Crippen molar-refractivity contribution in [3.05, 3.63) is 46.9 Å². The molecule has 0 aliphatic heterocycles. The predicted molar refractivity (Wildman–Crippen MR) is 81.2 cm³/mol. The summed E-state index contributed by atoms with van der Waals surface area (Å²) in [6.07, 6.45) is 1.19. The monoisotopic (exact) mass is 339 g/mol. The van der Waals surface area contributed by atoms with E-state index in [9.17, 15) is 12.8 Å². The Bertz CT molecular complexity index is 794. The topological polar surface area (TPSA) is 74.1 Å². The zero-order valence-electron chi connectivity index (χ0n) is 12.0. The van der Waals surface area contributed by atoms with E-state index in [-0.39, 0.29) is 21.6 Å². The maximum atomic E-state index is 13.0. The van der Waals surface area contributed by atoms with E-state index in [0.717, 1.165) is 11.3 Å². The van der Waals surface area contributed by atoms with E-state index in [2.05, 4.69) is 4.98 Å². The summed E-state index contributed by atoms with van der Waals surface area (Å²) in [4.78, 5) is 3.76. The summed E-state index contributed by atoms with van der Waals surface area (Å²) in [7, 11) is -3.75. The van der Waals surface area contributed by atoms with Gasteiger partial charge in [0.1, 0.15) is 11.9 Å². The quantitative estimate of drug-likeness (QED) is 0.839. The number of rotatable bonds is 5. The molecule has 116 valence electrons. The van der Waals surface area contributed by atoms with Crippen LogP contribution >= 0.6 is 11.3 Å². The van der Waals surface area contributed by atoms with E-state index >= 15 is 0 Å². The minimum absolute atomic E-state index is 0.0276. The molecule has 0 amide bonds. The lowest BCUT2D eigenvalue weighted by Gasteiger charge is -2.26. The summed E-state index contributed by atoms with van der Waals surface area (Å²) < 4.78 is 39.7. The molecule has 1 unspecified atom stereocenters. The Labute approximate surface area is 132 Å². The molecule has 2 rings (SSSR count). The van der Waals surface area contributed by atoms with Gasteiger partial charge < -0.3 is 0 Å². The highest BCUT2D eigenvalue weighted by Gasteiger charge is 2.30. The highest BCUT2D eigenvalue weighted by molar-refractivity contribution is 7.91. The van der Waals surface area contributed by atoms with Crippen LogP contribution in [0.2, 0.25) is 0 Å². The first-order valence-corrected chi connectivity index (χ1v) is 8.79. The Kier molecular flexibility index (Phi) is 4.90. The summed E-state index contributed by atoms with van der Waals surface area (Å²) in [6, 6.07) is 7.09. The number of hydrogen-bond donors (Lipinski definition) is 0. The van der Waals surface area contributed by atoms with Gasteiger partial charge in [-0.2, -0.15) is 9.57 Å². The molecule has 0 fully saturated rings. The van der Waals surface area contributed by atoms with Crippen LogP contribution in [0.5, 0.6) is 0 Å². The maximum Gasteiger partial charge on any atom is 0.254 e. The zero-order valence-corrected chi connectivity index (χ0v) is 13.7. The Morgan fingerprint density at radius 1 is 1.41 bits per heavy atom. The number of halogens is 1. The van der Waals surface area contributed by atoms with Crippen molar-refractivity contribution >= 4 is 21.4 Å². The lowest BCUT2D eigenvalue weighted by Crippen LogP contribution is -2.33. The van der Waals surface area contributed by atoms with Crippen molar-refractivity contribution < 1.29 is 12.8 Å². The van der Waals surface area contributed by atoms with Crippen LogP contribution in [0.1, 0.15) is 30.5 Å². The first-order chi connectivity index (χ1) is 10.4. The van der Waals surface area contributed by atoms with Gasteiger partial charge in [0, 0.05) is 12.6 Å². The molecule has 0 N–H and O–H groups in total. The summed E-state index contributed by atoms with van der Waals surface area (Å²) >= 11 is 0.837. The average molecular weight is 339 g/mol. The molecular formula is C14H14FN3O2S2. The van der Waals surface area contributed by atoms with Crippen LogP contribution in [0.25, 0.3) is 0 Å². The van der Waals surface area contributed by atoms with Crippen molar-refractivity contribution in [3.8, 4) is 6.07 Å². The largest absolute Gasteiger partial charge is 0.254 e. The molecule has 0 aliphatic carbocycles. The highest BCUT2D eigenvalue weighted by Crippen LogP contribution is 2.29. The van der Waals surface area contributed by atoms with E-state index in [4.69, 9.17) is 5.26 Å². The van der Waals surface area contributed by atoms with Crippen molar-refractivity contribution in [1.29, 1.82) is 5.26 Å². The summed E-state index contributed by atoms with van der Waals surface area (Å²) in [6.45, 7) is 3.71. The van der Waals surface area contributed by atoms with Crippen LogP contribution in [-0.4, -0.2) is 24.3 Å². The van der Waals surface area contributed by atoms with Crippen molar-refractivity contribution in [2.24, 2.45) is 0 Å². The third kappa shape index (κ3) is 3.16. The second kappa shape index (κ2) is 6.52. The van der Waals surface area contributed by atoms with Gasteiger partial charge in [-0.05, 0) is 24.6 Å². The number of nitriles is 1. The maximum absolute atomic E-state index is 13.0. The molecule has 5 nitrogen and oxygen atoms in total. The standard InChI is InChI=1S/C14H14FN3O2S2/c1-3-18(10(2)11-4-6-12(15)7-5-11)22(19,20)14-9-17-13(8-16)21-14/h4-7,9-10H,3H2,1-2H3. The van der Waals surface area contributed by atoms with Crippen LogP contribution in [0.15, 0.2) is 34.7 Å². The van der Waals surface area contributed by atoms with Gasteiger partial charge in [0.2, 0.25) is 0 Å². The zero-order chi connectivity index (χ0) is 16.3. The molecule has 2 aromatic rings. The van der Waals surface area contributed by atoms with Gasteiger partial charge in [-0.15, -0.1) is 0 Å². The van der Waals surface area contributed by atoms with Crippen molar-refractivity contribution in [2.45, 2.75) is 24.1 Å². The Morgan fingerprint density at radius 2 is 2.05 bits per heavy atom. The normalized spacial score (nSPS) is 13.0. The van der Waals surface area contributed by atoms with E-state index < -0.39 is 16.1 Å². The number of sulfonamides is 1. The molecule has 0 aliphatic rings. The van der Waals surface area contributed by atoms with Gasteiger partial charge in [0.25, 0.3) is 10.0 Å². The number of nitrogens with zero attached hydrogens (tertiary/aromatic N) is 3. The number of benzene rings is 1. The van der Waals surface area contributed by atoms with Gasteiger partial charge in [-0.1, -0.05) is 30.4 Å². The highest BCUT2D eigenvalue weighted by atomic mass is 32.2. The smallest absolute Gasteiger partial charge is 0.233 e. The SMILES string of the molecule is CCN(C(C)c1ccc(F)cc1)S(=O)(=O)c1cnc(C#N)s1. The predicted octanol–water partition coefficient (Wildman–Crippen LogP) is 2.93. The average Bonchev–Trinajstić information content (AvgIpc) is 2.98. The van der Waals surface area contributed by atoms with E-state index in [1.807, 2.05) is 6.07 Å². The van der Waals surface area contributed by atoms with Crippen molar-refractivity contribution in [3.63, 3.8) is 0 Å². The minimum Gasteiger partial charge on any atom is -0.233 e. The van der Waals surface area contributed by atoms with E-state index in [1.54, 1.807) is 26.0 Å². The summed E-state index contributed by atoms with van der Waals surface area (Å²) in [5.41, 5.74) is 0.692. The van der Waals surface area contributed by atoms with Crippen molar-refractivity contribution in [1.82, 2.24) is 9.29 Å². The molecule has 0 spiro atoms. The molecule has 0 bridgehead atoms. The Balaban J connectivity index is 2.37. The van der Waals surface area contributed by atoms with Crippen LogP contribution in [0.3, 0.4) is 0 Å². The molecule has 1 aromatic carbocycles. The van der Waals surface area contributed by atoms with Gasteiger partial charge >= 0.3 is 0 Å². The van der Waals surface area contributed by atoms with Crippen LogP contribution in [0, 0.1) is 17.1 Å². The molecule has 1 heterocycles. The van der Waals surface area contributed by atoms with E-state index in [0.29, 0.717) is 5.56 Å². The summed E-state index contributed by atoms with van der Waals surface area (Å²) in [5, 5.41) is 8.88. The van der Waals surface area contributed by atoms with Crippen LogP contribution < -0.4 is 0 Å². The lowest BCUT2D eigenvalue weighted by molar-refractivity contribution is 0.358. The van der Waals surface area contributed by atoms with Gasteiger partial charge in [0.15, 0.2) is 9.22 Å². The minimum atomic E-state index is -3.75. The van der Waals surface area contributed by atoms with Gasteiger partial charge in [0.05, 0.1) is 6.20 Å². The third-order valence-electron chi connectivity index (χ3n) is 3.24. The molecule has 22 heavy (non-hydrogen) atoms. The first kappa shape index (κ1) is 16.5. The van der Waals surface area contributed by atoms with Crippen molar-refractivity contribution in [2.75, 3.05) is 6.54 Å². The van der Waals surface area contributed by atoms with E-state index in [1.165, 1.54) is 22.6 Å². The molecular weight excluding hydrogens is 325 g/mol. The van der Waals surface area contributed by atoms with Gasteiger partial charge in [-0.25, -0.2) is 17.8 Å². The van der Waals surface area contributed by atoms with Crippen LogP contribution in [0.4, 0.5) is 4.39 Å². The second-order valence-corrected chi connectivity index (χ2v) is 7.68. The first-order valence-electron chi connectivity index (χ1n) is 6.53. The number of thiazole rings is 1. The molecule has 0 saturated carbocycles. The molecule has 8 heteroatoms.